The molecule has 102 valence electrons. The molecule has 0 bridgehead atoms. The van der Waals surface area contributed by atoms with Gasteiger partial charge in [0, 0.05) is 20.0 Å². The third kappa shape index (κ3) is 4.49. The largest absolute Gasteiger partial charge is 0.375 e. The lowest BCUT2D eigenvalue weighted by Gasteiger charge is -2.22. The molecule has 0 aromatic heterocycles. The molecule has 5 nitrogen and oxygen atoms in total. The van der Waals surface area contributed by atoms with Crippen LogP contribution in [0.1, 0.15) is 26.7 Å². The molecule has 1 fully saturated rings. The maximum atomic E-state index is 11.9. The Labute approximate surface area is 108 Å². The van der Waals surface area contributed by atoms with Gasteiger partial charge in [-0.3, -0.25) is 9.59 Å². The molecule has 1 rings (SSSR count). The fourth-order valence-corrected chi connectivity index (χ4v) is 2.03. The molecule has 0 spiro atoms. The molecule has 2 amide bonds. The van der Waals surface area contributed by atoms with E-state index >= 15 is 0 Å². The van der Waals surface area contributed by atoms with Crippen molar-refractivity contribution in [3.8, 4) is 0 Å². The van der Waals surface area contributed by atoms with Crippen molar-refractivity contribution in [3.63, 3.8) is 0 Å². The van der Waals surface area contributed by atoms with Crippen molar-refractivity contribution in [1.29, 1.82) is 0 Å². The molecule has 1 saturated heterocycles. The van der Waals surface area contributed by atoms with Crippen molar-refractivity contribution in [1.82, 2.24) is 10.2 Å². The van der Waals surface area contributed by atoms with E-state index in [2.05, 4.69) is 11.9 Å². The molecule has 0 unspecified atom stereocenters. The standard InChI is InChI=1S/C13H22N2O3/c1-10(2)9-18-8-6-14-13(17)12-5-4-7-15(12)11(3)16/h12H,1,4-9H2,2-3H3,(H,14,17)/t12-/m1/s1. The number of likely N-dealkylation sites (tertiary alicyclic amines) is 1. The number of hydrogen-bond donors (Lipinski definition) is 1. The van der Waals surface area contributed by atoms with Crippen LogP contribution in [0.4, 0.5) is 0 Å². The van der Waals surface area contributed by atoms with Gasteiger partial charge >= 0.3 is 0 Å². The van der Waals surface area contributed by atoms with E-state index in [9.17, 15) is 9.59 Å². The van der Waals surface area contributed by atoms with E-state index in [-0.39, 0.29) is 17.9 Å². The van der Waals surface area contributed by atoms with Crippen LogP contribution in [0.5, 0.6) is 0 Å². The van der Waals surface area contributed by atoms with Crippen molar-refractivity contribution in [2.24, 2.45) is 0 Å². The van der Waals surface area contributed by atoms with E-state index in [0.29, 0.717) is 26.3 Å². The Bertz CT molecular complexity index is 328. The lowest BCUT2D eigenvalue weighted by molar-refractivity contribution is -0.136. The molecular weight excluding hydrogens is 232 g/mol. The van der Waals surface area contributed by atoms with E-state index in [1.807, 2.05) is 6.92 Å². The number of nitrogens with one attached hydrogen (secondary N) is 1. The maximum absolute atomic E-state index is 11.9. The molecular formula is C13H22N2O3. The van der Waals surface area contributed by atoms with Gasteiger partial charge in [-0.25, -0.2) is 0 Å². The Morgan fingerprint density at radius 3 is 2.78 bits per heavy atom. The van der Waals surface area contributed by atoms with E-state index in [1.165, 1.54) is 6.92 Å². The number of hydrogen-bond acceptors (Lipinski definition) is 3. The van der Waals surface area contributed by atoms with Gasteiger partial charge < -0.3 is 15.0 Å². The molecule has 0 aromatic carbocycles. The molecule has 1 N–H and O–H groups in total. The van der Waals surface area contributed by atoms with Gasteiger partial charge in [-0.05, 0) is 19.8 Å². The van der Waals surface area contributed by atoms with Gasteiger partial charge in [0.1, 0.15) is 6.04 Å². The zero-order valence-corrected chi connectivity index (χ0v) is 11.2. The Hall–Kier alpha value is -1.36. The number of carbonyl (C=O) groups excluding carboxylic acids is 2. The second-order valence-electron chi connectivity index (χ2n) is 4.67. The highest BCUT2D eigenvalue weighted by Gasteiger charge is 2.31. The lowest BCUT2D eigenvalue weighted by atomic mass is 10.2. The summed E-state index contributed by atoms with van der Waals surface area (Å²) in [5.41, 5.74) is 0.958. The van der Waals surface area contributed by atoms with Crippen LogP contribution in [0.25, 0.3) is 0 Å². The average Bonchev–Trinajstić information content (AvgIpc) is 2.76. The molecule has 1 heterocycles. The van der Waals surface area contributed by atoms with Crippen LogP contribution in [0, 0.1) is 0 Å². The van der Waals surface area contributed by atoms with Crippen LogP contribution in [0.2, 0.25) is 0 Å². The number of carbonyl (C=O) groups is 2. The summed E-state index contributed by atoms with van der Waals surface area (Å²) in [6, 6.07) is -0.302. The molecule has 5 heteroatoms. The third-order valence-electron chi connectivity index (χ3n) is 2.85. The van der Waals surface area contributed by atoms with Gasteiger partial charge in [0.15, 0.2) is 0 Å². The maximum Gasteiger partial charge on any atom is 0.242 e. The quantitative estimate of drug-likeness (QED) is 0.561. The second kappa shape index (κ2) is 7.16. The summed E-state index contributed by atoms with van der Waals surface area (Å²) in [6.07, 6.45) is 1.64. The number of ether oxygens (including phenoxy) is 1. The predicted octanol–water partition coefficient (Wildman–Crippen LogP) is 0.706. The summed E-state index contributed by atoms with van der Waals surface area (Å²) in [6.45, 7) is 9.24. The van der Waals surface area contributed by atoms with E-state index < -0.39 is 0 Å². The average molecular weight is 254 g/mol. The molecule has 1 aliphatic rings. The molecule has 0 saturated carbocycles. The highest BCUT2D eigenvalue weighted by atomic mass is 16.5. The summed E-state index contributed by atoms with van der Waals surface area (Å²) in [7, 11) is 0. The number of rotatable bonds is 6. The fraction of sp³-hybridized carbons (Fsp3) is 0.692. The van der Waals surface area contributed by atoms with Gasteiger partial charge in [0.05, 0.1) is 13.2 Å². The SMILES string of the molecule is C=C(C)COCCNC(=O)[C@H]1CCCN1C(C)=O. The zero-order valence-electron chi connectivity index (χ0n) is 11.2. The van der Waals surface area contributed by atoms with E-state index in [4.69, 9.17) is 4.74 Å². The van der Waals surface area contributed by atoms with E-state index in [0.717, 1.165) is 18.4 Å². The van der Waals surface area contributed by atoms with Crippen molar-refractivity contribution < 1.29 is 14.3 Å². The first kappa shape index (κ1) is 14.7. The fourth-order valence-electron chi connectivity index (χ4n) is 2.03. The van der Waals surface area contributed by atoms with Crippen molar-refractivity contribution in [3.05, 3.63) is 12.2 Å². The summed E-state index contributed by atoms with van der Waals surface area (Å²) in [4.78, 5) is 24.8. The minimum absolute atomic E-state index is 0.0359. The van der Waals surface area contributed by atoms with Gasteiger partial charge in [-0.2, -0.15) is 0 Å². The van der Waals surface area contributed by atoms with Crippen LogP contribution in [-0.2, 0) is 14.3 Å². The summed E-state index contributed by atoms with van der Waals surface area (Å²) < 4.78 is 5.29. The number of amides is 2. The van der Waals surface area contributed by atoms with Crippen LogP contribution in [-0.4, -0.2) is 49.1 Å². The van der Waals surface area contributed by atoms with Gasteiger partial charge in [-0.15, -0.1) is 0 Å². The van der Waals surface area contributed by atoms with Gasteiger partial charge in [0.2, 0.25) is 11.8 Å². The first-order chi connectivity index (χ1) is 8.52. The Balaban J connectivity index is 2.24. The summed E-state index contributed by atoms with van der Waals surface area (Å²) >= 11 is 0. The van der Waals surface area contributed by atoms with E-state index in [1.54, 1.807) is 4.90 Å². The van der Waals surface area contributed by atoms with Crippen LogP contribution >= 0.6 is 0 Å². The topological polar surface area (TPSA) is 58.6 Å². The first-order valence-electron chi connectivity index (χ1n) is 6.29. The Kier molecular flexibility index (Phi) is 5.85. The monoisotopic (exact) mass is 254 g/mol. The van der Waals surface area contributed by atoms with Crippen LogP contribution < -0.4 is 5.32 Å². The van der Waals surface area contributed by atoms with Gasteiger partial charge in [-0.1, -0.05) is 12.2 Å². The summed E-state index contributed by atoms with van der Waals surface area (Å²) in [5, 5.41) is 2.80. The predicted molar refractivity (Wildman–Crippen MR) is 69.1 cm³/mol. The van der Waals surface area contributed by atoms with Crippen molar-refractivity contribution >= 4 is 11.8 Å². The minimum Gasteiger partial charge on any atom is -0.375 e. The van der Waals surface area contributed by atoms with Gasteiger partial charge in [0.25, 0.3) is 0 Å². The summed E-state index contributed by atoms with van der Waals surface area (Å²) in [5.74, 6) is -0.118. The molecule has 0 radical (unpaired) electrons. The van der Waals surface area contributed by atoms with Crippen LogP contribution in [0.15, 0.2) is 12.2 Å². The zero-order chi connectivity index (χ0) is 13.5. The lowest BCUT2D eigenvalue weighted by Crippen LogP contribution is -2.45. The van der Waals surface area contributed by atoms with Crippen molar-refractivity contribution in [2.45, 2.75) is 32.7 Å². The highest BCUT2D eigenvalue weighted by molar-refractivity contribution is 5.87. The normalized spacial score (nSPS) is 18.8. The third-order valence-corrected chi connectivity index (χ3v) is 2.85. The minimum atomic E-state index is -0.302. The smallest absolute Gasteiger partial charge is 0.242 e. The highest BCUT2D eigenvalue weighted by Crippen LogP contribution is 2.17. The molecule has 1 atom stereocenters. The molecule has 1 aliphatic heterocycles. The molecule has 0 aromatic rings. The first-order valence-corrected chi connectivity index (χ1v) is 6.29. The Morgan fingerprint density at radius 1 is 1.44 bits per heavy atom. The second-order valence-corrected chi connectivity index (χ2v) is 4.67. The van der Waals surface area contributed by atoms with Crippen molar-refractivity contribution in [2.75, 3.05) is 26.3 Å². The number of nitrogens with zero attached hydrogens (tertiary/aromatic N) is 1. The molecule has 18 heavy (non-hydrogen) atoms. The Morgan fingerprint density at radius 2 is 2.17 bits per heavy atom. The van der Waals surface area contributed by atoms with Crippen LogP contribution in [0.3, 0.4) is 0 Å². The molecule has 0 aliphatic carbocycles.